The van der Waals surface area contributed by atoms with E-state index in [9.17, 15) is 17.8 Å². The van der Waals surface area contributed by atoms with Crippen molar-refractivity contribution < 1.29 is 17.8 Å². The minimum atomic E-state index is -1.88. The third-order valence-electron chi connectivity index (χ3n) is 2.42. The van der Waals surface area contributed by atoms with E-state index in [0.29, 0.717) is 4.88 Å². The number of hydrogen-bond donors (Lipinski definition) is 0. The zero-order chi connectivity index (χ0) is 14.0. The van der Waals surface area contributed by atoms with Gasteiger partial charge in [-0.1, -0.05) is 0 Å². The number of benzene rings is 1. The molecule has 19 heavy (non-hydrogen) atoms. The van der Waals surface area contributed by atoms with E-state index < -0.39 is 22.4 Å². The fourth-order valence-electron chi connectivity index (χ4n) is 1.50. The number of hydrogen-bond acceptors (Lipinski definition) is 3. The van der Waals surface area contributed by atoms with Crippen molar-refractivity contribution in [2.45, 2.75) is 11.8 Å². The van der Waals surface area contributed by atoms with Crippen molar-refractivity contribution >= 4 is 27.9 Å². The molecule has 1 aromatic carbocycles. The molecule has 2 aromatic rings. The van der Waals surface area contributed by atoms with Crippen LogP contribution in [0.5, 0.6) is 0 Å². The predicted octanol–water partition coefficient (Wildman–Crippen LogP) is 3.33. The maximum atomic E-state index is 13.4. The highest BCUT2D eigenvalue weighted by molar-refractivity contribution is 7.85. The highest BCUT2D eigenvalue weighted by Crippen LogP contribution is 2.19. The van der Waals surface area contributed by atoms with E-state index in [-0.39, 0.29) is 16.4 Å². The van der Waals surface area contributed by atoms with Crippen LogP contribution in [-0.4, -0.2) is 15.7 Å². The Balaban J connectivity index is 2.17. The summed E-state index contributed by atoms with van der Waals surface area (Å²) in [6.07, 6.45) is 0. The van der Waals surface area contributed by atoms with Crippen LogP contribution in [0.2, 0.25) is 0 Å². The topological polar surface area (TPSA) is 34.1 Å². The Morgan fingerprint density at radius 2 is 2.00 bits per heavy atom. The summed E-state index contributed by atoms with van der Waals surface area (Å²) in [6.45, 7) is 1.85. The SMILES string of the molecule is Cc1ccc(C(=O)CS(=O)c2cc(F)ccc2F)s1. The van der Waals surface area contributed by atoms with Crippen LogP contribution < -0.4 is 0 Å². The first-order chi connectivity index (χ1) is 8.97. The molecule has 6 heteroatoms. The number of thiophene rings is 1. The molecule has 1 aromatic heterocycles. The highest BCUT2D eigenvalue weighted by Gasteiger charge is 2.17. The Morgan fingerprint density at radius 3 is 2.63 bits per heavy atom. The smallest absolute Gasteiger partial charge is 0.185 e. The monoisotopic (exact) mass is 300 g/mol. The number of halogens is 2. The van der Waals surface area contributed by atoms with Crippen molar-refractivity contribution in [3.8, 4) is 0 Å². The van der Waals surface area contributed by atoms with Crippen LogP contribution >= 0.6 is 11.3 Å². The van der Waals surface area contributed by atoms with Gasteiger partial charge in [-0.25, -0.2) is 8.78 Å². The molecule has 0 aliphatic heterocycles. The third-order valence-corrected chi connectivity index (χ3v) is 4.79. The zero-order valence-corrected chi connectivity index (χ0v) is 11.6. The third kappa shape index (κ3) is 3.33. The van der Waals surface area contributed by atoms with Gasteiger partial charge in [0, 0.05) is 4.88 Å². The summed E-state index contributed by atoms with van der Waals surface area (Å²) in [4.78, 5) is 13.0. The van der Waals surface area contributed by atoms with Gasteiger partial charge in [0.2, 0.25) is 0 Å². The number of carbonyl (C=O) groups excluding carboxylic acids is 1. The second-order valence-electron chi connectivity index (χ2n) is 3.90. The van der Waals surface area contributed by atoms with Crippen LogP contribution in [0.1, 0.15) is 14.5 Å². The van der Waals surface area contributed by atoms with E-state index in [0.717, 1.165) is 23.1 Å². The molecule has 1 heterocycles. The minimum absolute atomic E-state index is 0.276. The minimum Gasteiger partial charge on any atom is -0.292 e. The van der Waals surface area contributed by atoms with Gasteiger partial charge in [0.1, 0.15) is 11.6 Å². The molecule has 0 N–H and O–H groups in total. The Kier molecular flexibility index (Phi) is 4.21. The van der Waals surface area contributed by atoms with E-state index in [1.165, 1.54) is 11.3 Å². The molecule has 0 saturated heterocycles. The number of carbonyl (C=O) groups is 1. The van der Waals surface area contributed by atoms with Crippen molar-refractivity contribution in [2.75, 3.05) is 5.75 Å². The molecule has 0 spiro atoms. The Morgan fingerprint density at radius 1 is 1.26 bits per heavy atom. The number of Topliss-reactive ketones (excluding diaryl/α,β-unsaturated/α-hetero) is 1. The summed E-state index contributed by atoms with van der Waals surface area (Å²) in [6, 6.07) is 6.13. The van der Waals surface area contributed by atoms with Gasteiger partial charge in [-0.05, 0) is 37.3 Å². The fourth-order valence-corrected chi connectivity index (χ4v) is 3.48. The van der Waals surface area contributed by atoms with Gasteiger partial charge in [0.05, 0.1) is 26.3 Å². The van der Waals surface area contributed by atoms with Gasteiger partial charge in [0.25, 0.3) is 0 Å². The Hall–Kier alpha value is -1.40. The maximum Gasteiger partial charge on any atom is 0.185 e. The van der Waals surface area contributed by atoms with Crippen molar-refractivity contribution in [3.63, 3.8) is 0 Å². The predicted molar refractivity (Wildman–Crippen MR) is 71.0 cm³/mol. The van der Waals surface area contributed by atoms with Gasteiger partial charge in [-0.3, -0.25) is 9.00 Å². The first-order valence-corrected chi connectivity index (χ1v) is 7.54. The molecule has 1 atom stereocenters. The van der Waals surface area contributed by atoms with Gasteiger partial charge >= 0.3 is 0 Å². The molecule has 0 radical (unpaired) electrons. The molecule has 2 nitrogen and oxygen atoms in total. The van der Waals surface area contributed by atoms with Crippen LogP contribution in [0, 0.1) is 18.6 Å². The number of aryl methyl sites for hydroxylation is 1. The molecule has 0 bridgehead atoms. The zero-order valence-electron chi connectivity index (χ0n) is 9.98. The normalized spacial score (nSPS) is 12.4. The van der Waals surface area contributed by atoms with E-state index in [1.54, 1.807) is 12.1 Å². The van der Waals surface area contributed by atoms with Gasteiger partial charge in [-0.2, -0.15) is 0 Å². The summed E-state index contributed by atoms with van der Waals surface area (Å²) >= 11 is 1.29. The van der Waals surface area contributed by atoms with E-state index in [4.69, 9.17) is 0 Å². The van der Waals surface area contributed by atoms with Crippen molar-refractivity contribution in [1.29, 1.82) is 0 Å². The molecule has 2 rings (SSSR count). The molecule has 0 saturated carbocycles. The lowest BCUT2D eigenvalue weighted by molar-refractivity contribution is 0.102. The molecular formula is C13H10F2O2S2. The van der Waals surface area contributed by atoms with Crippen molar-refractivity contribution in [1.82, 2.24) is 0 Å². The van der Waals surface area contributed by atoms with E-state index in [1.807, 2.05) is 6.92 Å². The number of rotatable bonds is 4. The molecule has 1 unspecified atom stereocenters. The lowest BCUT2D eigenvalue weighted by atomic mass is 10.3. The lowest BCUT2D eigenvalue weighted by Crippen LogP contribution is -2.11. The molecule has 0 aliphatic rings. The molecule has 0 aliphatic carbocycles. The molecular weight excluding hydrogens is 290 g/mol. The van der Waals surface area contributed by atoms with Crippen molar-refractivity contribution in [2.24, 2.45) is 0 Å². The summed E-state index contributed by atoms with van der Waals surface area (Å²) in [5.41, 5.74) is 0. The first-order valence-electron chi connectivity index (χ1n) is 5.40. The largest absolute Gasteiger partial charge is 0.292 e. The standard InChI is InChI=1S/C13H10F2O2S2/c1-8-2-5-12(18-8)11(16)7-19(17)13-6-9(14)3-4-10(13)15/h2-6H,7H2,1H3. The van der Waals surface area contributed by atoms with Crippen LogP contribution in [0.4, 0.5) is 8.78 Å². The van der Waals surface area contributed by atoms with E-state index >= 15 is 0 Å². The van der Waals surface area contributed by atoms with E-state index in [2.05, 4.69) is 0 Å². The Bertz CT molecular complexity index is 650. The summed E-state index contributed by atoms with van der Waals surface area (Å²) in [7, 11) is -1.88. The lowest BCUT2D eigenvalue weighted by Gasteiger charge is -2.02. The number of ketones is 1. The average molecular weight is 300 g/mol. The molecule has 0 amide bonds. The van der Waals surface area contributed by atoms with Crippen LogP contribution in [-0.2, 0) is 10.8 Å². The Labute approximate surface area is 115 Å². The van der Waals surface area contributed by atoms with Crippen LogP contribution in [0.15, 0.2) is 35.2 Å². The molecule has 0 fully saturated rings. The first kappa shape index (κ1) is 14.0. The second kappa shape index (κ2) is 5.71. The maximum absolute atomic E-state index is 13.4. The van der Waals surface area contributed by atoms with Crippen LogP contribution in [0.25, 0.3) is 0 Å². The summed E-state index contributed by atoms with van der Waals surface area (Å²) in [5.74, 6) is -2.13. The quantitative estimate of drug-likeness (QED) is 0.812. The summed E-state index contributed by atoms with van der Waals surface area (Å²) < 4.78 is 38.3. The van der Waals surface area contributed by atoms with Crippen LogP contribution in [0.3, 0.4) is 0 Å². The van der Waals surface area contributed by atoms with Gasteiger partial charge in [-0.15, -0.1) is 11.3 Å². The van der Waals surface area contributed by atoms with Gasteiger partial charge in [0.15, 0.2) is 5.78 Å². The second-order valence-corrected chi connectivity index (χ2v) is 6.61. The summed E-state index contributed by atoms with van der Waals surface area (Å²) in [5, 5.41) is 0. The molecule has 100 valence electrons. The fraction of sp³-hybridized carbons (Fsp3) is 0.154. The van der Waals surface area contributed by atoms with Crippen molar-refractivity contribution in [3.05, 3.63) is 51.7 Å². The average Bonchev–Trinajstić information content (AvgIpc) is 2.79. The van der Waals surface area contributed by atoms with Gasteiger partial charge < -0.3 is 0 Å². The highest BCUT2D eigenvalue weighted by atomic mass is 32.2.